The summed E-state index contributed by atoms with van der Waals surface area (Å²) in [6, 6.07) is 17.6. The number of carbonyl (C=O) groups excluding carboxylic acids is 1. The third-order valence-corrected chi connectivity index (χ3v) is 8.54. The van der Waals surface area contributed by atoms with E-state index in [0.29, 0.717) is 24.2 Å². The maximum absolute atomic E-state index is 15.5. The van der Waals surface area contributed by atoms with Crippen molar-refractivity contribution in [1.82, 2.24) is 9.29 Å². The van der Waals surface area contributed by atoms with E-state index in [1.165, 1.54) is 18.2 Å². The van der Waals surface area contributed by atoms with E-state index >= 15 is 4.39 Å². The Morgan fingerprint density at radius 1 is 1.05 bits per heavy atom. The van der Waals surface area contributed by atoms with E-state index in [2.05, 4.69) is 4.72 Å². The van der Waals surface area contributed by atoms with Crippen molar-refractivity contribution in [3.05, 3.63) is 84.3 Å². The van der Waals surface area contributed by atoms with Crippen molar-refractivity contribution in [1.29, 1.82) is 5.41 Å². The van der Waals surface area contributed by atoms with Gasteiger partial charge in [-0.2, -0.15) is 0 Å². The lowest BCUT2D eigenvalue weighted by Gasteiger charge is -2.22. The van der Waals surface area contributed by atoms with Crippen molar-refractivity contribution in [2.45, 2.75) is 43.7 Å². The van der Waals surface area contributed by atoms with Gasteiger partial charge >= 0.3 is 0 Å². The summed E-state index contributed by atoms with van der Waals surface area (Å²) in [5.74, 6) is -0.854. The second kappa shape index (κ2) is 9.62. The first-order valence-electron chi connectivity index (χ1n) is 12.5. The molecule has 1 aliphatic heterocycles. The van der Waals surface area contributed by atoms with Crippen LogP contribution in [-0.2, 0) is 14.8 Å². The van der Waals surface area contributed by atoms with Crippen molar-refractivity contribution >= 4 is 38.4 Å². The Balaban J connectivity index is 1.45. The molecule has 1 aliphatic rings. The van der Waals surface area contributed by atoms with E-state index in [0.717, 1.165) is 10.9 Å². The Morgan fingerprint density at radius 2 is 1.79 bits per heavy atom. The molecule has 1 saturated heterocycles. The summed E-state index contributed by atoms with van der Waals surface area (Å²) in [5, 5.41) is 8.66. The molecular formula is C29H30FN5O3S. The fourth-order valence-corrected chi connectivity index (χ4v) is 6.68. The number of nitrogens with zero attached hydrogens (tertiary/aromatic N) is 2. The van der Waals surface area contributed by atoms with Gasteiger partial charge in [0.05, 0.1) is 4.90 Å². The molecule has 1 unspecified atom stereocenters. The van der Waals surface area contributed by atoms with Gasteiger partial charge in [-0.15, -0.1) is 0 Å². The predicted octanol–water partition coefficient (Wildman–Crippen LogP) is 4.79. The van der Waals surface area contributed by atoms with Crippen LogP contribution in [0.3, 0.4) is 0 Å². The Hall–Kier alpha value is -4.02. The van der Waals surface area contributed by atoms with E-state index in [4.69, 9.17) is 11.1 Å². The highest BCUT2D eigenvalue weighted by molar-refractivity contribution is 7.89. The molecule has 4 aromatic rings. The Bertz CT molecular complexity index is 1720. The van der Waals surface area contributed by atoms with Crippen LogP contribution in [0.15, 0.2) is 77.8 Å². The van der Waals surface area contributed by atoms with Crippen LogP contribution in [-0.4, -0.2) is 36.8 Å². The third kappa shape index (κ3) is 5.05. The first-order chi connectivity index (χ1) is 18.4. The molecule has 0 radical (unpaired) electrons. The van der Waals surface area contributed by atoms with Crippen LogP contribution < -0.4 is 15.4 Å². The molecule has 1 atom stereocenters. The molecular weight excluding hydrogens is 517 g/mol. The smallest absolute Gasteiger partial charge is 0.250 e. The number of halogens is 1. The number of amidine groups is 1. The number of aromatic nitrogens is 1. The summed E-state index contributed by atoms with van der Waals surface area (Å²) in [6.45, 7) is 5.61. The molecule has 8 nitrogen and oxygen atoms in total. The highest BCUT2D eigenvalue weighted by Gasteiger charge is 2.35. The minimum absolute atomic E-state index is 0.0201. The molecule has 10 heteroatoms. The number of nitrogens with two attached hydrogens (primary N) is 1. The summed E-state index contributed by atoms with van der Waals surface area (Å²) < 4.78 is 46.2. The van der Waals surface area contributed by atoms with Gasteiger partial charge in [0.1, 0.15) is 17.7 Å². The Morgan fingerprint density at radius 3 is 2.49 bits per heavy atom. The molecule has 5 rings (SSSR count). The topological polar surface area (TPSA) is 121 Å². The van der Waals surface area contributed by atoms with Gasteiger partial charge in [0.15, 0.2) is 0 Å². The zero-order chi connectivity index (χ0) is 28.1. The predicted molar refractivity (Wildman–Crippen MR) is 151 cm³/mol. The van der Waals surface area contributed by atoms with Crippen LogP contribution in [0, 0.1) is 11.2 Å². The number of hydrogen-bond donors (Lipinski definition) is 3. The zero-order valence-corrected chi connectivity index (χ0v) is 22.7. The minimum Gasteiger partial charge on any atom is -0.384 e. The summed E-state index contributed by atoms with van der Waals surface area (Å²) in [5.41, 5.74) is 7.09. The number of carbonyl (C=O) groups is 1. The lowest BCUT2D eigenvalue weighted by molar-refractivity contribution is -0.119. The maximum Gasteiger partial charge on any atom is 0.250 e. The lowest BCUT2D eigenvalue weighted by atomic mass is 10.0. The van der Waals surface area contributed by atoms with Gasteiger partial charge in [0, 0.05) is 46.2 Å². The first-order valence-corrected chi connectivity index (χ1v) is 14.0. The van der Waals surface area contributed by atoms with Crippen molar-refractivity contribution < 1.29 is 17.6 Å². The van der Waals surface area contributed by atoms with Gasteiger partial charge in [0.25, 0.3) is 0 Å². The number of sulfonamides is 1. The summed E-state index contributed by atoms with van der Waals surface area (Å²) >= 11 is 0. The van der Waals surface area contributed by atoms with Gasteiger partial charge in [-0.1, -0.05) is 30.3 Å². The molecule has 1 aromatic heterocycles. The Labute approximate surface area is 226 Å². The van der Waals surface area contributed by atoms with E-state index in [1.807, 2.05) is 22.9 Å². The van der Waals surface area contributed by atoms with Crippen molar-refractivity contribution in [3.8, 4) is 11.1 Å². The standard InChI is InChI=1S/C29H30FN5O3S/c1-29(2,3)33-39(37,38)26-7-5-4-6-22(26)21-11-10-20(17-23(21)30)34-15-13-24(28(34)36)35-14-12-18-8-9-19(27(31)32)16-25(18)35/h4-12,14,16-17,24,33H,13,15H2,1-3H3,(H3,31,32). The normalized spacial score (nSPS) is 16.3. The van der Waals surface area contributed by atoms with Gasteiger partial charge < -0.3 is 15.2 Å². The number of anilines is 1. The van der Waals surface area contributed by atoms with Gasteiger partial charge in [0.2, 0.25) is 15.9 Å². The quantitative estimate of drug-likeness (QED) is 0.237. The number of benzene rings is 3. The maximum atomic E-state index is 15.5. The number of fused-ring (bicyclic) bond motifs is 1. The molecule has 39 heavy (non-hydrogen) atoms. The molecule has 202 valence electrons. The van der Waals surface area contributed by atoms with E-state index in [1.54, 1.807) is 62.1 Å². The summed E-state index contributed by atoms with van der Waals surface area (Å²) in [7, 11) is -3.91. The van der Waals surface area contributed by atoms with E-state index in [-0.39, 0.29) is 27.8 Å². The number of hydrogen-bond acceptors (Lipinski definition) is 4. The third-order valence-electron chi connectivity index (χ3n) is 6.72. The van der Waals surface area contributed by atoms with Crippen molar-refractivity contribution in [2.24, 2.45) is 5.73 Å². The van der Waals surface area contributed by atoms with Crippen LogP contribution in [0.25, 0.3) is 22.0 Å². The largest absolute Gasteiger partial charge is 0.384 e. The average Bonchev–Trinajstić information content (AvgIpc) is 3.45. The SMILES string of the molecule is CC(C)(C)NS(=O)(=O)c1ccccc1-c1ccc(N2CCC(n3ccc4ccc(C(=N)N)cc43)C2=O)cc1F. The second-order valence-electron chi connectivity index (χ2n) is 10.7. The monoisotopic (exact) mass is 547 g/mol. The van der Waals surface area contributed by atoms with Crippen molar-refractivity contribution in [3.63, 3.8) is 0 Å². The fraction of sp³-hybridized carbons (Fsp3) is 0.241. The second-order valence-corrected chi connectivity index (χ2v) is 12.4. The molecule has 2 heterocycles. The molecule has 1 fully saturated rings. The number of rotatable bonds is 6. The van der Waals surface area contributed by atoms with Crippen LogP contribution in [0.1, 0.15) is 38.8 Å². The van der Waals surface area contributed by atoms with Crippen LogP contribution >= 0.6 is 0 Å². The molecule has 0 aliphatic carbocycles. The number of nitrogen functional groups attached to an aromatic ring is 1. The number of amides is 1. The molecule has 0 saturated carbocycles. The van der Waals surface area contributed by atoms with Crippen LogP contribution in [0.2, 0.25) is 0 Å². The molecule has 0 bridgehead atoms. The highest BCUT2D eigenvalue weighted by Crippen LogP contribution is 2.35. The summed E-state index contributed by atoms with van der Waals surface area (Å²) in [6.07, 6.45) is 2.36. The molecule has 4 N–H and O–H groups in total. The Kier molecular flexibility index (Phi) is 6.56. The average molecular weight is 548 g/mol. The number of nitrogens with one attached hydrogen (secondary N) is 2. The molecule has 0 spiro atoms. The van der Waals surface area contributed by atoms with E-state index < -0.39 is 27.4 Å². The van der Waals surface area contributed by atoms with E-state index in [9.17, 15) is 13.2 Å². The zero-order valence-electron chi connectivity index (χ0n) is 21.9. The fourth-order valence-electron chi connectivity index (χ4n) is 5.04. The van der Waals surface area contributed by atoms with Crippen LogP contribution in [0.4, 0.5) is 10.1 Å². The lowest BCUT2D eigenvalue weighted by Crippen LogP contribution is -2.40. The van der Waals surface area contributed by atoms with Gasteiger partial charge in [-0.25, -0.2) is 17.5 Å². The van der Waals surface area contributed by atoms with Crippen molar-refractivity contribution in [2.75, 3.05) is 11.4 Å². The minimum atomic E-state index is -3.91. The summed E-state index contributed by atoms with van der Waals surface area (Å²) in [4.78, 5) is 15.0. The van der Waals surface area contributed by atoms with Gasteiger partial charge in [-0.05, 0) is 69.0 Å². The first kappa shape index (κ1) is 26.6. The van der Waals surface area contributed by atoms with Crippen LogP contribution in [0.5, 0.6) is 0 Å². The van der Waals surface area contributed by atoms with Gasteiger partial charge in [-0.3, -0.25) is 10.2 Å². The molecule has 1 amide bonds. The highest BCUT2D eigenvalue weighted by atomic mass is 32.2. The molecule has 3 aromatic carbocycles.